The summed E-state index contributed by atoms with van der Waals surface area (Å²) in [5, 5.41) is 21.9. The third-order valence-electron chi connectivity index (χ3n) is 5.08. The molecule has 0 aliphatic rings. The van der Waals surface area contributed by atoms with Crippen LogP contribution in [0.4, 0.5) is 0 Å². The molecule has 2 aromatic heterocycles. The van der Waals surface area contributed by atoms with Gasteiger partial charge in [-0.15, -0.1) is 0 Å². The molecule has 162 valence electrons. The topological polar surface area (TPSA) is 96.7 Å². The first-order valence-electron chi connectivity index (χ1n) is 10.0. The zero-order valence-corrected chi connectivity index (χ0v) is 19.1. The van der Waals surface area contributed by atoms with Gasteiger partial charge in [-0.25, -0.2) is 9.97 Å². The lowest BCUT2D eigenvalue weighted by Crippen LogP contribution is -2.23. The number of aryl methyl sites for hydroxylation is 1. The number of fused-ring (bicyclic) bond motifs is 2. The lowest BCUT2D eigenvalue weighted by Gasteiger charge is -2.12. The summed E-state index contributed by atoms with van der Waals surface area (Å²) in [6.45, 7) is 2.47. The Kier molecular flexibility index (Phi) is 6.21. The highest BCUT2D eigenvalue weighted by Gasteiger charge is 2.18. The summed E-state index contributed by atoms with van der Waals surface area (Å²) in [6, 6.07) is 14.6. The molecule has 0 aliphatic carbocycles. The molecule has 0 amide bonds. The van der Waals surface area contributed by atoms with Gasteiger partial charge < -0.3 is 9.67 Å². The van der Waals surface area contributed by atoms with Gasteiger partial charge in [0.15, 0.2) is 11.0 Å². The van der Waals surface area contributed by atoms with E-state index in [9.17, 15) is 15.2 Å². The Hall–Kier alpha value is -3.28. The van der Waals surface area contributed by atoms with E-state index in [0.717, 1.165) is 17.5 Å². The van der Waals surface area contributed by atoms with Crippen LogP contribution in [-0.2, 0) is 13.6 Å². The normalized spacial score (nSPS) is 12.2. The quantitative estimate of drug-likeness (QED) is 0.188. The van der Waals surface area contributed by atoms with Crippen molar-refractivity contribution < 1.29 is 5.11 Å². The van der Waals surface area contributed by atoms with Gasteiger partial charge in [-0.05, 0) is 36.8 Å². The number of imidazole rings is 1. The monoisotopic (exact) mass is 465 g/mol. The van der Waals surface area contributed by atoms with Crippen LogP contribution in [-0.4, -0.2) is 30.0 Å². The SMILES string of the molecule is CCCn1c(SC/C(O)=C(/C#N)c2nc3ccccc3n2C)nc2cc(Cl)ccc2c1=O. The average Bonchev–Trinajstić information content (AvgIpc) is 3.11. The smallest absolute Gasteiger partial charge is 0.262 e. The number of hydrogen-bond donors (Lipinski definition) is 1. The van der Waals surface area contributed by atoms with Crippen molar-refractivity contribution in [3.63, 3.8) is 0 Å². The number of aromatic nitrogens is 4. The maximum absolute atomic E-state index is 13.0. The van der Waals surface area contributed by atoms with Crippen molar-refractivity contribution in [1.82, 2.24) is 19.1 Å². The minimum absolute atomic E-state index is 0.0638. The minimum Gasteiger partial charge on any atom is -0.510 e. The van der Waals surface area contributed by atoms with Crippen LogP contribution in [0.2, 0.25) is 5.02 Å². The van der Waals surface area contributed by atoms with Gasteiger partial charge in [0.1, 0.15) is 17.4 Å². The number of aliphatic hydroxyl groups is 1. The van der Waals surface area contributed by atoms with Crippen LogP contribution >= 0.6 is 23.4 Å². The van der Waals surface area contributed by atoms with Crippen LogP contribution in [0.25, 0.3) is 27.5 Å². The number of halogens is 1. The van der Waals surface area contributed by atoms with Crippen LogP contribution < -0.4 is 5.56 Å². The standard InChI is InChI=1S/C23H20ClN5O2S/c1-3-10-29-22(31)15-9-8-14(24)11-18(15)27-23(29)32-13-20(30)16(12-25)21-26-17-6-4-5-7-19(17)28(21)2/h4-9,11,30H,3,10,13H2,1-2H3/b20-16+. The van der Waals surface area contributed by atoms with E-state index in [1.807, 2.05) is 31.2 Å². The van der Waals surface area contributed by atoms with Crippen LogP contribution in [0.1, 0.15) is 19.2 Å². The molecule has 32 heavy (non-hydrogen) atoms. The van der Waals surface area contributed by atoms with E-state index >= 15 is 0 Å². The Morgan fingerprint density at radius 1 is 1.22 bits per heavy atom. The number of aliphatic hydroxyl groups excluding tert-OH is 1. The van der Waals surface area contributed by atoms with Crippen molar-refractivity contribution in [2.24, 2.45) is 7.05 Å². The van der Waals surface area contributed by atoms with Crippen LogP contribution in [0.3, 0.4) is 0 Å². The number of hydrogen-bond acceptors (Lipinski definition) is 6. The van der Waals surface area contributed by atoms with Gasteiger partial charge in [0, 0.05) is 18.6 Å². The molecular weight excluding hydrogens is 446 g/mol. The minimum atomic E-state index is -0.157. The Morgan fingerprint density at radius 3 is 2.72 bits per heavy atom. The molecule has 0 fully saturated rings. The van der Waals surface area contributed by atoms with Gasteiger partial charge in [-0.3, -0.25) is 9.36 Å². The highest BCUT2D eigenvalue weighted by atomic mass is 35.5. The first-order chi connectivity index (χ1) is 15.4. The lowest BCUT2D eigenvalue weighted by molar-refractivity contribution is 0.420. The van der Waals surface area contributed by atoms with E-state index in [4.69, 9.17) is 11.6 Å². The zero-order chi connectivity index (χ0) is 22.8. The van der Waals surface area contributed by atoms with Gasteiger partial charge in [-0.2, -0.15) is 5.26 Å². The summed E-state index contributed by atoms with van der Waals surface area (Å²) in [6.07, 6.45) is 0.749. The summed E-state index contributed by atoms with van der Waals surface area (Å²) in [5.74, 6) is 0.323. The van der Waals surface area contributed by atoms with Gasteiger partial charge in [-0.1, -0.05) is 42.4 Å². The molecule has 2 aromatic carbocycles. The van der Waals surface area contributed by atoms with Crippen LogP contribution in [0.5, 0.6) is 0 Å². The van der Waals surface area contributed by atoms with Gasteiger partial charge in [0.2, 0.25) is 0 Å². The predicted octanol–water partition coefficient (Wildman–Crippen LogP) is 4.93. The fourth-order valence-corrected chi connectivity index (χ4v) is 4.59. The molecule has 2 heterocycles. The van der Waals surface area contributed by atoms with Gasteiger partial charge in [0.05, 0.1) is 27.7 Å². The Bertz CT molecular complexity index is 1470. The van der Waals surface area contributed by atoms with Gasteiger partial charge in [0.25, 0.3) is 5.56 Å². The van der Waals surface area contributed by atoms with Gasteiger partial charge >= 0.3 is 0 Å². The van der Waals surface area contributed by atoms with E-state index in [1.54, 1.807) is 34.4 Å². The molecular formula is C23H20ClN5O2S. The summed E-state index contributed by atoms with van der Waals surface area (Å²) >= 11 is 7.27. The molecule has 0 saturated heterocycles. The zero-order valence-electron chi connectivity index (χ0n) is 17.5. The predicted molar refractivity (Wildman–Crippen MR) is 128 cm³/mol. The van der Waals surface area contributed by atoms with Crippen molar-refractivity contribution in [1.29, 1.82) is 5.26 Å². The second kappa shape index (κ2) is 9.07. The molecule has 0 aliphatic heterocycles. The molecule has 1 N–H and O–H groups in total. The van der Waals surface area contributed by atoms with Crippen LogP contribution in [0, 0.1) is 11.3 Å². The Labute approximate surface area is 193 Å². The van der Waals surface area contributed by atoms with Crippen molar-refractivity contribution in [3.8, 4) is 6.07 Å². The number of benzene rings is 2. The van der Waals surface area contributed by atoms with Crippen molar-refractivity contribution in [2.75, 3.05) is 5.75 Å². The number of rotatable bonds is 6. The molecule has 0 saturated carbocycles. The van der Waals surface area contributed by atoms with Crippen LogP contribution in [0.15, 0.2) is 58.2 Å². The molecule has 0 radical (unpaired) electrons. The first-order valence-corrected chi connectivity index (χ1v) is 11.4. The second-order valence-corrected chi connectivity index (χ2v) is 8.60. The van der Waals surface area contributed by atoms with Crippen molar-refractivity contribution in [2.45, 2.75) is 25.0 Å². The molecule has 9 heteroatoms. The number of nitrogens with zero attached hydrogens (tertiary/aromatic N) is 5. The molecule has 7 nitrogen and oxygen atoms in total. The Balaban J connectivity index is 1.73. The third kappa shape index (κ3) is 3.97. The third-order valence-corrected chi connectivity index (χ3v) is 6.30. The molecule has 0 spiro atoms. The molecule has 0 atom stereocenters. The maximum Gasteiger partial charge on any atom is 0.262 e. The van der Waals surface area contributed by atoms with E-state index in [2.05, 4.69) is 16.0 Å². The molecule has 0 unspecified atom stereocenters. The van der Waals surface area contributed by atoms with Crippen molar-refractivity contribution in [3.05, 3.63) is 69.4 Å². The maximum atomic E-state index is 13.0. The average molecular weight is 466 g/mol. The van der Waals surface area contributed by atoms with E-state index < -0.39 is 0 Å². The summed E-state index contributed by atoms with van der Waals surface area (Å²) < 4.78 is 3.37. The summed E-state index contributed by atoms with van der Waals surface area (Å²) in [7, 11) is 1.80. The first kappa shape index (κ1) is 21.9. The van der Waals surface area contributed by atoms with Crippen molar-refractivity contribution >= 4 is 50.9 Å². The highest BCUT2D eigenvalue weighted by molar-refractivity contribution is 7.99. The number of para-hydroxylation sites is 2. The second-order valence-electron chi connectivity index (χ2n) is 7.22. The number of allylic oxidation sites excluding steroid dienone is 1. The fourth-order valence-electron chi connectivity index (χ4n) is 3.52. The Morgan fingerprint density at radius 2 is 2.00 bits per heavy atom. The molecule has 4 rings (SSSR count). The number of nitriles is 1. The molecule has 0 bridgehead atoms. The van der Waals surface area contributed by atoms with E-state index in [1.165, 1.54) is 11.8 Å². The lowest BCUT2D eigenvalue weighted by atomic mass is 10.2. The summed E-state index contributed by atoms with van der Waals surface area (Å²) in [5.41, 5.74) is 2.03. The summed E-state index contributed by atoms with van der Waals surface area (Å²) in [4.78, 5) is 22.1. The number of thioether (sulfide) groups is 1. The highest BCUT2D eigenvalue weighted by Crippen LogP contribution is 2.26. The van der Waals surface area contributed by atoms with E-state index in [-0.39, 0.29) is 22.6 Å². The fraction of sp³-hybridized carbons (Fsp3) is 0.217. The van der Waals surface area contributed by atoms with E-state index in [0.29, 0.717) is 33.5 Å². The largest absolute Gasteiger partial charge is 0.510 e. The molecule has 4 aromatic rings.